The fraction of sp³-hybridized carbons (Fsp3) is 0.707. The van der Waals surface area contributed by atoms with Crippen molar-refractivity contribution in [3.05, 3.63) is 85.1 Å². The number of hydrogen-bond donors (Lipinski definition) is 0. The topological polar surface area (TPSA) is 78.9 Å². The fourth-order valence-corrected chi connectivity index (χ4v) is 7.15. The van der Waals surface area contributed by atoms with E-state index in [1.807, 2.05) is 6.08 Å². The Morgan fingerprint density at radius 1 is 0.344 bits per heavy atom. The monoisotopic (exact) mass is 891 g/mol. The molecule has 6 heteroatoms. The van der Waals surface area contributed by atoms with Crippen LogP contribution >= 0.6 is 0 Å². The Morgan fingerprint density at radius 3 is 1.03 bits per heavy atom. The van der Waals surface area contributed by atoms with Gasteiger partial charge in [0.15, 0.2) is 6.10 Å². The lowest BCUT2D eigenvalue weighted by Crippen LogP contribution is -2.30. The Bertz CT molecular complexity index is 1250. The molecule has 0 amide bonds. The molecule has 1 unspecified atom stereocenters. The van der Waals surface area contributed by atoms with Gasteiger partial charge in [0.1, 0.15) is 13.2 Å². The van der Waals surface area contributed by atoms with Crippen molar-refractivity contribution in [3.8, 4) is 0 Å². The summed E-state index contributed by atoms with van der Waals surface area (Å²) in [5.74, 6) is -1.06. The largest absolute Gasteiger partial charge is 0.462 e. The molecule has 0 aromatic heterocycles. The Kier molecular flexibility index (Phi) is 49.4. The zero-order valence-electron chi connectivity index (χ0n) is 41.8. The predicted molar refractivity (Wildman–Crippen MR) is 274 cm³/mol. The van der Waals surface area contributed by atoms with Crippen LogP contribution in [-0.4, -0.2) is 37.2 Å². The number of hydrogen-bond acceptors (Lipinski definition) is 6. The number of allylic oxidation sites excluding steroid dienone is 13. The molecule has 0 heterocycles. The third-order valence-electron chi connectivity index (χ3n) is 11.1. The van der Waals surface area contributed by atoms with Crippen molar-refractivity contribution < 1.29 is 28.6 Å². The second-order valence-electron chi connectivity index (χ2n) is 17.4. The Morgan fingerprint density at radius 2 is 0.656 bits per heavy atom. The average molecular weight is 891 g/mol. The molecule has 0 aliphatic rings. The molecular formula is C58H98O6. The smallest absolute Gasteiger partial charge is 0.310 e. The number of esters is 3. The number of ether oxygens (including phenoxy) is 3. The van der Waals surface area contributed by atoms with E-state index in [0.717, 1.165) is 83.5 Å². The first-order chi connectivity index (χ1) is 31.5. The van der Waals surface area contributed by atoms with Crippen LogP contribution in [0, 0.1) is 0 Å². The van der Waals surface area contributed by atoms with E-state index in [4.69, 9.17) is 14.2 Å². The first kappa shape index (κ1) is 60.6. The van der Waals surface area contributed by atoms with Crippen molar-refractivity contribution in [1.29, 1.82) is 0 Å². The lowest BCUT2D eigenvalue weighted by Gasteiger charge is -2.18. The van der Waals surface area contributed by atoms with Gasteiger partial charge in [0.2, 0.25) is 0 Å². The van der Waals surface area contributed by atoms with Crippen LogP contribution in [0.25, 0.3) is 0 Å². The van der Waals surface area contributed by atoms with Crippen molar-refractivity contribution in [2.24, 2.45) is 0 Å². The normalized spacial score (nSPS) is 12.7. The van der Waals surface area contributed by atoms with Crippen LogP contribution in [-0.2, 0) is 28.6 Å². The highest BCUT2D eigenvalue weighted by molar-refractivity contribution is 5.72. The van der Waals surface area contributed by atoms with Gasteiger partial charge in [-0.3, -0.25) is 14.4 Å². The van der Waals surface area contributed by atoms with Gasteiger partial charge in [0.05, 0.1) is 6.42 Å². The summed E-state index contributed by atoms with van der Waals surface area (Å²) in [6, 6.07) is 0. The lowest BCUT2D eigenvalue weighted by molar-refractivity contribution is -0.166. The highest BCUT2D eigenvalue weighted by Gasteiger charge is 2.19. The van der Waals surface area contributed by atoms with Gasteiger partial charge in [0, 0.05) is 12.8 Å². The van der Waals surface area contributed by atoms with E-state index in [1.165, 1.54) is 122 Å². The minimum Gasteiger partial charge on any atom is -0.462 e. The molecule has 0 N–H and O–H groups in total. The zero-order valence-corrected chi connectivity index (χ0v) is 41.8. The van der Waals surface area contributed by atoms with Gasteiger partial charge in [-0.15, -0.1) is 0 Å². The average Bonchev–Trinajstić information content (AvgIpc) is 3.29. The summed E-state index contributed by atoms with van der Waals surface area (Å²) in [5, 5.41) is 0. The third-order valence-corrected chi connectivity index (χ3v) is 11.1. The molecule has 1 atom stereocenters. The van der Waals surface area contributed by atoms with Crippen LogP contribution in [0.3, 0.4) is 0 Å². The fourth-order valence-electron chi connectivity index (χ4n) is 7.15. The van der Waals surface area contributed by atoms with Gasteiger partial charge in [-0.1, -0.05) is 215 Å². The maximum absolute atomic E-state index is 12.7. The molecule has 0 rings (SSSR count). The number of unbranched alkanes of at least 4 members (excludes halogenated alkanes) is 23. The molecular weight excluding hydrogens is 793 g/mol. The second-order valence-corrected chi connectivity index (χ2v) is 17.4. The van der Waals surface area contributed by atoms with Crippen LogP contribution in [0.15, 0.2) is 85.1 Å². The van der Waals surface area contributed by atoms with Gasteiger partial charge >= 0.3 is 17.9 Å². The van der Waals surface area contributed by atoms with Crippen LogP contribution < -0.4 is 0 Å². The van der Waals surface area contributed by atoms with Crippen molar-refractivity contribution in [3.63, 3.8) is 0 Å². The molecule has 0 radical (unpaired) electrons. The number of carbonyl (C=O) groups excluding carboxylic acids is 3. The van der Waals surface area contributed by atoms with E-state index >= 15 is 0 Å². The molecule has 0 aromatic carbocycles. The van der Waals surface area contributed by atoms with Crippen LogP contribution in [0.5, 0.6) is 0 Å². The summed E-state index contributed by atoms with van der Waals surface area (Å²) in [5.41, 5.74) is 0. The summed E-state index contributed by atoms with van der Waals surface area (Å²) < 4.78 is 16.7. The first-order valence-electron chi connectivity index (χ1n) is 26.6. The minimum absolute atomic E-state index is 0.0939. The molecule has 0 saturated carbocycles. The maximum atomic E-state index is 12.7. The zero-order chi connectivity index (χ0) is 46.5. The Labute approximate surface area is 395 Å². The predicted octanol–water partition coefficient (Wildman–Crippen LogP) is 17.6. The molecule has 0 aliphatic carbocycles. The summed E-state index contributed by atoms with van der Waals surface area (Å²) >= 11 is 0. The van der Waals surface area contributed by atoms with Crippen molar-refractivity contribution in [2.75, 3.05) is 13.2 Å². The van der Waals surface area contributed by atoms with Gasteiger partial charge < -0.3 is 14.2 Å². The molecule has 64 heavy (non-hydrogen) atoms. The summed E-state index contributed by atoms with van der Waals surface area (Å²) in [4.78, 5) is 37.9. The second kappa shape index (κ2) is 52.2. The van der Waals surface area contributed by atoms with E-state index in [2.05, 4.69) is 93.7 Å². The summed E-state index contributed by atoms with van der Waals surface area (Å²) in [6.07, 6.45) is 67.4. The quantitative estimate of drug-likeness (QED) is 0.0262. The van der Waals surface area contributed by atoms with E-state index in [0.29, 0.717) is 12.8 Å². The standard InChI is InChI=1S/C58H98O6/c1-4-7-10-13-16-19-22-25-27-28-29-31-33-36-39-42-45-48-51-57(60)63-54-55(53-62-56(59)50-47-44-41-38-35-32-24-21-18-15-12-9-6-3)64-58(61)52-49-46-43-40-37-34-30-26-23-20-17-14-11-8-5-2/h8,11,17,20-21,24,26-28,30,37,40,46,49,55H,4-7,9-10,12-16,18-19,22-23,25,29,31-36,38-39,41-45,47-48,50-54H2,1-3H3/b11-8-,20-17-,24-21-,28-27-,30-26-,40-37-,49-46-. The van der Waals surface area contributed by atoms with Gasteiger partial charge in [-0.25, -0.2) is 0 Å². The van der Waals surface area contributed by atoms with E-state index in [-0.39, 0.29) is 31.6 Å². The van der Waals surface area contributed by atoms with E-state index < -0.39 is 12.1 Å². The summed E-state index contributed by atoms with van der Waals surface area (Å²) in [6.45, 7) is 6.41. The number of carbonyl (C=O) groups is 3. The lowest BCUT2D eigenvalue weighted by atomic mass is 10.1. The molecule has 0 spiro atoms. The highest BCUT2D eigenvalue weighted by atomic mass is 16.6. The molecule has 0 saturated heterocycles. The van der Waals surface area contributed by atoms with Crippen molar-refractivity contribution in [1.82, 2.24) is 0 Å². The Balaban J connectivity index is 4.49. The first-order valence-corrected chi connectivity index (χ1v) is 26.6. The molecule has 6 nitrogen and oxygen atoms in total. The van der Waals surface area contributed by atoms with Crippen LogP contribution in [0.1, 0.15) is 245 Å². The van der Waals surface area contributed by atoms with Crippen LogP contribution in [0.4, 0.5) is 0 Å². The van der Waals surface area contributed by atoms with E-state index in [9.17, 15) is 14.4 Å². The summed E-state index contributed by atoms with van der Waals surface area (Å²) in [7, 11) is 0. The molecule has 0 aliphatic heterocycles. The maximum Gasteiger partial charge on any atom is 0.310 e. The van der Waals surface area contributed by atoms with Gasteiger partial charge in [0.25, 0.3) is 0 Å². The van der Waals surface area contributed by atoms with Gasteiger partial charge in [-0.2, -0.15) is 0 Å². The molecule has 0 fully saturated rings. The van der Waals surface area contributed by atoms with Crippen molar-refractivity contribution >= 4 is 17.9 Å². The number of rotatable bonds is 47. The van der Waals surface area contributed by atoms with Crippen LogP contribution in [0.2, 0.25) is 0 Å². The molecule has 0 bridgehead atoms. The van der Waals surface area contributed by atoms with Crippen molar-refractivity contribution in [2.45, 2.75) is 252 Å². The van der Waals surface area contributed by atoms with E-state index in [1.54, 1.807) is 6.08 Å². The third kappa shape index (κ3) is 49.6. The molecule has 366 valence electrons. The highest BCUT2D eigenvalue weighted by Crippen LogP contribution is 2.14. The Hall–Kier alpha value is -3.41. The SMILES string of the molecule is CC/C=C\C/C=C\C/C=C\C/C=C\C/C=C\CC(=O)OC(COC(=O)CCCCCCC/C=C\CCCCCC)COC(=O)CCCCCCCCC/C=C\CCCCCCCCC. The molecule has 0 aromatic rings. The van der Waals surface area contributed by atoms with Gasteiger partial charge in [-0.05, 0) is 96.3 Å². The minimum atomic E-state index is -0.835.